The van der Waals surface area contributed by atoms with Crippen LogP contribution in [-0.2, 0) is 13.0 Å². The van der Waals surface area contributed by atoms with E-state index in [0.717, 1.165) is 41.8 Å². The van der Waals surface area contributed by atoms with Crippen molar-refractivity contribution in [3.05, 3.63) is 52.0 Å². The zero-order valence-corrected chi connectivity index (χ0v) is 16.1. The topological polar surface area (TPSA) is 17.8 Å². The number of aromatic nitrogens is 2. The Hall–Kier alpha value is -1.58. The minimum atomic E-state index is -0.479. The molecule has 2 nitrogen and oxygen atoms in total. The molecule has 132 valence electrons. The summed E-state index contributed by atoms with van der Waals surface area (Å²) in [5.41, 5.74) is 3.35. The normalized spacial score (nSPS) is 12.7. The first-order valence-electron chi connectivity index (χ1n) is 8.59. The molecule has 0 aliphatic heterocycles. The predicted octanol–water partition coefficient (Wildman–Crippen LogP) is 6.76. The summed E-state index contributed by atoms with van der Waals surface area (Å²) < 4.78 is 16.3. The summed E-state index contributed by atoms with van der Waals surface area (Å²) in [7, 11) is 0. The maximum absolute atomic E-state index is 14.0. The van der Waals surface area contributed by atoms with E-state index in [1.54, 1.807) is 0 Å². The molecule has 3 aromatic rings. The van der Waals surface area contributed by atoms with Gasteiger partial charge in [-0.1, -0.05) is 62.5 Å². The van der Waals surface area contributed by atoms with Crippen molar-refractivity contribution in [2.75, 3.05) is 0 Å². The molecule has 5 heteroatoms. The van der Waals surface area contributed by atoms with Gasteiger partial charge in [0.1, 0.15) is 11.6 Å². The molecule has 2 aromatic carbocycles. The molecular weight excluding hydrogens is 358 g/mol. The molecule has 0 amide bonds. The van der Waals surface area contributed by atoms with E-state index in [-0.39, 0.29) is 5.02 Å². The van der Waals surface area contributed by atoms with E-state index < -0.39 is 5.82 Å². The van der Waals surface area contributed by atoms with Crippen molar-refractivity contribution in [3.8, 4) is 11.1 Å². The van der Waals surface area contributed by atoms with E-state index >= 15 is 0 Å². The molecule has 1 unspecified atom stereocenters. The average Bonchev–Trinajstić information content (AvgIpc) is 2.96. The van der Waals surface area contributed by atoms with Gasteiger partial charge in [-0.3, -0.25) is 0 Å². The lowest BCUT2D eigenvalue weighted by Crippen LogP contribution is -2.09. The van der Waals surface area contributed by atoms with Crippen molar-refractivity contribution < 1.29 is 4.39 Å². The van der Waals surface area contributed by atoms with Crippen LogP contribution in [0.15, 0.2) is 30.3 Å². The zero-order valence-electron chi connectivity index (χ0n) is 14.6. The Labute approximate surface area is 157 Å². The van der Waals surface area contributed by atoms with E-state index in [0.29, 0.717) is 16.5 Å². The number of fused-ring (bicyclic) bond motifs is 1. The maximum atomic E-state index is 14.0. The maximum Gasteiger partial charge on any atom is 0.142 e. The van der Waals surface area contributed by atoms with Gasteiger partial charge >= 0.3 is 0 Å². The summed E-state index contributed by atoms with van der Waals surface area (Å²) in [4.78, 5) is 4.84. The molecule has 0 bridgehead atoms. The molecular formula is C20H21Cl2FN2. The van der Waals surface area contributed by atoms with Gasteiger partial charge in [0.15, 0.2) is 0 Å². The van der Waals surface area contributed by atoms with Crippen molar-refractivity contribution in [2.24, 2.45) is 5.92 Å². The van der Waals surface area contributed by atoms with Crippen LogP contribution in [0.3, 0.4) is 0 Å². The lowest BCUT2D eigenvalue weighted by Gasteiger charge is -2.13. The van der Waals surface area contributed by atoms with Gasteiger partial charge in [-0.2, -0.15) is 0 Å². The summed E-state index contributed by atoms with van der Waals surface area (Å²) in [5, 5.41) is 0.450. The van der Waals surface area contributed by atoms with Crippen molar-refractivity contribution in [1.82, 2.24) is 9.55 Å². The molecule has 0 saturated carbocycles. The van der Waals surface area contributed by atoms with Crippen LogP contribution in [-0.4, -0.2) is 9.55 Å². The summed E-state index contributed by atoms with van der Waals surface area (Å²) in [6.07, 6.45) is 1.95. The van der Waals surface area contributed by atoms with E-state index in [2.05, 4.69) is 31.4 Å². The van der Waals surface area contributed by atoms with Gasteiger partial charge in [0.2, 0.25) is 0 Å². The molecule has 0 spiro atoms. The van der Waals surface area contributed by atoms with Crippen LogP contribution in [0.25, 0.3) is 22.2 Å². The number of imidazole rings is 1. The molecule has 0 aliphatic carbocycles. The fraction of sp³-hybridized carbons (Fsp3) is 0.350. The zero-order chi connectivity index (χ0) is 18.1. The molecule has 1 atom stereocenters. The number of para-hydroxylation sites is 1. The van der Waals surface area contributed by atoms with Crippen LogP contribution < -0.4 is 0 Å². The fourth-order valence-electron chi connectivity index (χ4n) is 3.06. The molecule has 25 heavy (non-hydrogen) atoms. The number of nitrogens with zero attached hydrogens (tertiary/aromatic N) is 2. The van der Waals surface area contributed by atoms with Crippen LogP contribution >= 0.6 is 23.2 Å². The van der Waals surface area contributed by atoms with E-state index in [1.165, 1.54) is 12.1 Å². The summed E-state index contributed by atoms with van der Waals surface area (Å²) in [5.74, 6) is 1.11. The van der Waals surface area contributed by atoms with Gasteiger partial charge in [-0.05, 0) is 24.1 Å². The SMILES string of the molecule is CCc1nc2c(-c3cc(F)c(Cl)cc3Cl)cccc2n1CC(C)CC. The molecule has 1 heterocycles. The Balaban J connectivity index is 2.23. The average molecular weight is 379 g/mol. The first-order valence-corrected chi connectivity index (χ1v) is 9.34. The quantitative estimate of drug-likeness (QED) is 0.448. The van der Waals surface area contributed by atoms with Crippen LogP contribution in [0.1, 0.15) is 33.0 Å². The minimum Gasteiger partial charge on any atom is -0.328 e. The monoisotopic (exact) mass is 378 g/mol. The molecule has 0 N–H and O–H groups in total. The van der Waals surface area contributed by atoms with E-state index in [4.69, 9.17) is 28.2 Å². The first kappa shape index (κ1) is 18.2. The Bertz CT molecular complexity index is 918. The molecule has 1 aromatic heterocycles. The van der Waals surface area contributed by atoms with Crippen molar-refractivity contribution in [3.63, 3.8) is 0 Å². The van der Waals surface area contributed by atoms with Gasteiger partial charge in [0.25, 0.3) is 0 Å². The smallest absolute Gasteiger partial charge is 0.142 e. The van der Waals surface area contributed by atoms with Crippen LogP contribution in [0.5, 0.6) is 0 Å². The molecule has 0 radical (unpaired) electrons. The van der Waals surface area contributed by atoms with Crippen molar-refractivity contribution in [2.45, 2.75) is 40.2 Å². The molecule has 0 fully saturated rings. The Morgan fingerprint density at radius 3 is 2.56 bits per heavy atom. The van der Waals surface area contributed by atoms with E-state index in [9.17, 15) is 4.39 Å². The Morgan fingerprint density at radius 2 is 1.88 bits per heavy atom. The number of hydrogen-bond acceptors (Lipinski definition) is 1. The molecule has 3 rings (SSSR count). The van der Waals surface area contributed by atoms with Crippen LogP contribution in [0.2, 0.25) is 10.0 Å². The summed E-state index contributed by atoms with van der Waals surface area (Å²) in [6, 6.07) is 8.79. The standard InChI is InChI=1S/C20H21Cl2FN2/c1-4-12(3)11-25-18-8-6-7-13(20(18)24-19(25)5-2)14-9-17(23)16(22)10-15(14)21/h6-10,12H,4-5,11H2,1-3H3. The third-order valence-corrected chi connectivity index (χ3v) is 5.27. The van der Waals surface area contributed by atoms with Gasteiger partial charge in [0, 0.05) is 24.1 Å². The Morgan fingerprint density at radius 1 is 1.12 bits per heavy atom. The number of benzene rings is 2. The van der Waals surface area contributed by atoms with E-state index in [1.807, 2.05) is 12.1 Å². The summed E-state index contributed by atoms with van der Waals surface area (Å²) in [6.45, 7) is 7.45. The highest BCUT2D eigenvalue weighted by molar-refractivity contribution is 6.36. The largest absolute Gasteiger partial charge is 0.328 e. The third kappa shape index (κ3) is 3.40. The number of halogens is 3. The highest BCUT2D eigenvalue weighted by atomic mass is 35.5. The second-order valence-electron chi connectivity index (χ2n) is 6.43. The second-order valence-corrected chi connectivity index (χ2v) is 7.24. The molecule has 0 saturated heterocycles. The summed E-state index contributed by atoms with van der Waals surface area (Å²) >= 11 is 12.2. The third-order valence-electron chi connectivity index (χ3n) is 4.67. The lowest BCUT2D eigenvalue weighted by atomic mass is 10.0. The van der Waals surface area contributed by atoms with Crippen LogP contribution in [0, 0.1) is 11.7 Å². The van der Waals surface area contributed by atoms with Gasteiger partial charge in [-0.15, -0.1) is 0 Å². The highest BCUT2D eigenvalue weighted by Crippen LogP contribution is 2.36. The highest BCUT2D eigenvalue weighted by Gasteiger charge is 2.17. The van der Waals surface area contributed by atoms with Crippen LogP contribution in [0.4, 0.5) is 4.39 Å². The van der Waals surface area contributed by atoms with Gasteiger partial charge in [-0.25, -0.2) is 9.37 Å². The lowest BCUT2D eigenvalue weighted by molar-refractivity contribution is 0.466. The predicted molar refractivity (Wildman–Crippen MR) is 104 cm³/mol. The first-order chi connectivity index (χ1) is 12.0. The molecule has 0 aliphatic rings. The van der Waals surface area contributed by atoms with Crippen molar-refractivity contribution in [1.29, 1.82) is 0 Å². The second kappa shape index (κ2) is 7.35. The number of hydrogen-bond donors (Lipinski definition) is 0. The number of aryl methyl sites for hydroxylation is 1. The van der Waals surface area contributed by atoms with Gasteiger partial charge in [0.05, 0.1) is 21.1 Å². The minimum absolute atomic E-state index is 0.0254. The van der Waals surface area contributed by atoms with Gasteiger partial charge < -0.3 is 4.57 Å². The Kier molecular flexibility index (Phi) is 5.35. The van der Waals surface area contributed by atoms with Crippen molar-refractivity contribution >= 4 is 34.2 Å². The fourth-order valence-corrected chi connectivity index (χ4v) is 3.54. The number of rotatable bonds is 5.